The van der Waals surface area contributed by atoms with Gasteiger partial charge < -0.3 is 15.0 Å². The molecule has 2 N–H and O–H groups in total. The van der Waals surface area contributed by atoms with Gasteiger partial charge in [0, 0.05) is 6.20 Å². The van der Waals surface area contributed by atoms with Crippen LogP contribution >= 0.6 is 0 Å². The van der Waals surface area contributed by atoms with Gasteiger partial charge in [-0.2, -0.15) is 5.10 Å². The molecule has 0 saturated heterocycles. The molecule has 7 heteroatoms. The molecular weight excluding hydrogens is 296 g/mol. The summed E-state index contributed by atoms with van der Waals surface area (Å²) in [5.74, 6) is -0.259. The van der Waals surface area contributed by atoms with Gasteiger partial charge in [-0.1, -0.05) is 12.8 Å². The van der Waals surface area contributed by atoms with Crippen LogP contribution in [0.5, 0.6) is 5.75 Å². The molecule has 0 radical (unpaired) electrons. The number of methoxy groups -OCH3 is 1. The molecule has 122 valence electrons. The first kappa shape index (κ1) is 15.3. The van der Waals surface area contributed by atoms with Crippen LogP contribution in [-0.2, 0) is 0 Å². The second-order valence-electron chi connectivity index (χ2n) is 5.73. The van der Waals surface area contributed by atoms with Crippen molar-refractivity contribution in [2.24, 2.45) is 0 Å². The third-order valence-electron chi connectivity index (χ3n) is 4.33. The highest BCUT2D eigenvalue weighted by Gasteiger charge is 2.22. The van der Waals surface area contributed by atoms with Gasteiger partial charge in [0.05, 0.1) is 30.7 Å². The van der Waals surface area contributed by atoms with E-state index in [0.29, 0.717) is 11.7 Å². The van der Waals surface area contributed by atoms with Crippen molar-refractivity contribution in [3.05, 3.63) is 40.1 Å². The molecule has 2 aromatic rings. The maximum absolute atomic E-state index is 12.4. The van der Waals surface area contributed by atoms with E-state index < -0.39 is 11.5 Å². The third kappa shape index (κ3) is 2.86. The van der Waals surface area contributed by atoms with E-state index in [0.717, 1.165) is 18.5 Å². The average molecular weight is 316 g/mol. The van der Waals surface area contributed by atoms with Crippen LogP contribution in [0.4, 0.5) is 5.69 Å². The summed E-state index contributed by atoms with van der Waals surface area (Å²) in [6.45, 7) is 1.92. The van der Waals surface area contributed by atoms with E-state index in [2.05, 4.69) is 15.4 Å². The van der Waals surface area contributed by atoms with E-state index in [1.165, 1.54) is 26.1 Å². The van der Waals surface area contributed by atoms with E-state index >= 15 is 0 Å². The Labute approximate surface area is 133 Å². The minimum Gasteiger partial charge on any atom is -0.496 e. The van der Waals surface area contributed by atoms with Crippen LogP contribution in [0.3, 0.4) is 0 Å². The molecule has 1 saturated carbocycles. The van der Waals surface area contributed by atoms with Gasteiger partial charge in [0.2, 0.25) is 0 Å². The van der Waals surface area contributed by atoms with Crippen molar-refractivity contribution in [1.82, 2.24) is 14.8 Å². The maximum atomic E-state index is 12.4. The summed E-state index contributed by atoms with van der Waals surface area (Å²) in [4.78, 5) is 26.9. The lowest BCUT2D eigenvalue weighted by Gasteiger charge is -2.13. The van der Waals surface area contributed by atoms with Crippen LogP contribution in [0.2, 0.25) is 0 Å². The molecule has 0 unspecified atom stereocenters. The lowest BCUT2D eigenvalue weighted by molar-refractivity contribution is 0.102. The number of pyridine rings is 1. The van der Waals surface area contributed by atoms with E-state index in [1.54, 1.807) is 12.3 Å². The Bertz CT molecular complexity index is 772. The second-order valence-corrected chi connectivity index (χ2v) is 5.73. The van der Waals surface area contributed by atoms with E-state index in [1.807, 2.05) is 11.6 Å². The number of hydrogen-bond acceptors (Lipinski definition) is 4. The van der Waals surface area contributed by atoms with E-state index in [4.69, 9.17) is 4.74 Å². The normalized spacial score (nSPS) is 14.9. The summed E-state index contributed by atoms with van der Waals surface area (Å²) in [6.07, 6.45) is 7.73. The predicted molar refractivity (Wildman–Crippen MR) is 86.0 cm³/mol. The first-order chi connectivity index (χ1) is 11.1. The number of anilines is 1. The first-order valence-corrected chi connectivity index (χ1v) is 7.73. The molecule has 2 heterocycles. The van der Waals surface area contributed by atoms with Gasteiger partial charge in [-0.15, -0.1) is 0 Å². The van der Waals surface area contributed by atoms with Crippen molar-refractivity contribution in [3.63, 3.8) is 0 Å². The Morgan fingerprint density at radius 1 is 1.43 bits per heavy atom. The number of hydrogen-bond donors (Lipinski definition) is 2. The highest BCUT2D eigenvalue weighted by atomic mass is 16.5. The summed E-state index contributed by atoms with van der Waals surface area (Å²) >= 11 is 0. The van der Waals surface area contributed by atoms with Crippen molar-refractivity contribution in [3.8, 4) is 5.75 Å². The maximum Gasteiger partial charge on any atom is 0.265 e. The fraction of sp³-hybridized carbons (Fsp3) is 0.438. The van der Waals surface area contributed by atoms with Crippen molar-refractivity contribution < 1.29 is 9.53 Å². The summed E-state index contributed by atoms with van der Waals surface area (Å²) in [6, 6.07) is 1.95. The molecule has 1 amide bonds. The molecule has 2 aromatic heterocycles. The highest BCUT2D eigenvalue weighted by molar-refractivity contribution is 6.06. The lowest BCUT2D eigenvalue weighted by atomic mass is 10.2. The minimum absolute atomic E-state index is 0.0389. The minimum atomic E-state index is -0.502. The van der Waals surface area contributed by atoms with Crippen LogP contribution < -0.4 is 15.6 Å². The predicted octanol–water partition coefficient (Wildman–Crippen LogP) is 2.26. The van der Waals surface area contributed by atoms with Crippen LogP contribution in [0.1, 0.15) is 47.8 Å². The van der Waals surface area contributed by atoms with Crippen LogP contribution in [0.25, 0.3) is 0 Å². The number of aromatic nitrogens is 3. The second kappa shape index (κ2) is 6.28. The first-order valence-electron chi connectivity index (χ1n) is 7.73. The number of nitrogens with one attached hydrogen (secondary N) is 2. The zero-order valence-electron chi connectivity index (χ0n) is 13.3. The van der Waals surface area contributed by atoms with Crippen molar-refractivity contribution >= 4 is 11.6 Å². The fourth-order valence-electron chi connectivity index (χ4n) is 3.09. The van der Waals surface area contributed by atoms with Gasteiger partial charge >= 0.3 is 0 Å². The smallest absolute Gasteiger partial charge is 0.265 e. The lowest BCUT2D eigenvalue weighted by Crippen LogP contribution is -2.24. The summed E-state index contributed by atoms with van der Waals surface area (Å²) in [5, 5.41) is 7.16. The van der Waals surface area contributed by atoms with Crippen LogP contribution in [0.15, 0.2) is 23.3 Å². The molecule has 0 aliphatic heterocycles. The summed E-state index contributed by atoms with van der Waals surface area (Å²) in [7, 11) is 1.43. The number of H-pyrrole nitrogens is 1. The monoisotopic (exact) mass is 316 g/mol. The number of nitrogens with zero attached hydrogens (tertiary/aromatic N) is 2. The molecule has 0 bridgehead atoms. The van der Waals surface area contributed by atoms with Crippen molar-refractivity contribution in [1.29, 1.82) is 0 Å². The van der Waals surface area contributed by atoms with Crippen molar-refractivity contribution in [2.75, 3.05) is 12.4 Å². The number of amides is 1. The Kier molecular flexibility index (Phi) is 4.18. The topological polar surface area (TPSA) is 89.0 Å². The largest absolute Gasteiger partial charge is 0.496 e. The highest BCUT2D eigenvalue weighted by Crippen LogP contribution is 2.31. The SMILES string of the molecule is COc1cc[nH]c(=O)c1C(=O)Nc1cnn(C2CCCC2)c1C. The zero-order valence-corrected chi connectivity index (χ0v) is 13.3. The molecule has 0 aromatic carbocycles. The van der Waals surface area contributed by atoms with Gasteiger partial charge in [-0.3, -0.25) is 14.3 Å². The third-order valence-corrected chi connectivity index (χ3v) is 4.33. The van der Waals surface area contributed by atoms with E-state index in [-0.39, 0.29) is 11.3 Å². The number of aromatic amines is 1. The molecule has 0 atom stereocenters. The summed E-state index contributed by atoms with van der Waals surface area (Å²) in [5.41, 5.74) is 0.995. The average Bonchev–Trinajstić information content (AvgIpc) is 3.17. The Balaban J connectivity index is 1.85. The van der Waals surface area contributed by atoms with Crippen LogP contribution in [-0.4, -0.2) is 27.8 Å². The number of ether oxygens (including phenoxy) is 1. The van der Waals surface area contributed by atoms with Gasteiger partial charge in [0.15, 0.2) is 0 Å². The van der Waals surface area contributed by atoms with E-state index in [9.17, 15) is 9.59 Å². The Morgan fingerprint density at radius 2 is 2.17 bits per heavy atom. The fourth-order valence-corrected chi connectivity index (χ4v) is 3.09. The quantitative estimate of drug-likeness (QED) is 0.905. The number of rotatable bonds is 4. The van der Waals surface area contributed by atoms with Gasteiger partial charge in [-0.05, 0) is 25.8 Å². The van der Waals surface area contributed by atoms with Gasteiger partial charge in [-0.25, -0.2) is 0 Å². The molecule has 3 rings (SSSR count). The number of carbonyl (C=O) groups is 1. The zero-order chi connectivity index (χ0) is 16.4. The molecule has 1 aliphatic rings. The molecular formula is C16H20N4O3. The Morgan fingerprint density at radius 3 is 2.87 bits per heavy atom. The summed E-state index contributed by atoms with van der Waals surface area (Å²) < 4.78 is 7.07. The molecule has 0 spiro atoms. The van der Waals surface area contributed by atoms with Gasteiger partial charge in [0.1, 0.15) is 11.3 Å². The molecule has 23 heavy (non-hydrogen) atoms. The van der Waals surface area contributed by atoms with Gasteiger partial charge in [0.25, 0.3) is 11.5 Å². The standard InChI is InChI=1S/C16H20N4O3/c1-10-12(9-18-20(10)11-5-3-4-6-11)19-16(22)14-13(23-2)7-8-17-15(14)21/h7-9,11H,3-6H2,1-2H3,(H,17,21)(H,19,22). The van der Waals surface area contributed by atoms with Crippen molar-refractivity contribution in [2.45, 2.75) is 38.6 Å². The molecule has 1 fully saturated rings. The molecule has 7 nitrogen and oxygen atoms in total. The Hall–Kier alpha value is -2.57. The van der Waals surface area contributed by atoms with Crippen LogP contribution in [0, 0.1) is 6.92 Å². The number of carbonyl (C=O) groups excluding carboxylic acids is 1. The molecule has 1 aliphatic carbocycles.